The van der Waals surface area contributed by atoms with Crippen molar-refractivity contribution in [1.29, 1.82) is 0 Å². The molecule has 8 rings (SSSR count). The van der Waals surface area contributed by atoms with Crippen LogP contribution in [0.1, 0.15) is 64.2 Å². The first-order valence-electron chi connectivity index (χ1n) is 18.0. The molecule has 55 heavy (non-hydrogen) atoms. The van der Waals surface area contributed by atoms with E-state index in [-0.39, 0.29) is 75.9 Å². The van der Waals surface area contributed by atoms with Crippen molar-refractivity contribution in [1.82, 2.24) is 4.90 Å². The molecule has 0 unspecified atom stereocenters. The number of halogens is 5. The maximum Gasteiger partial charge on any atom is 0.415 e. The Balaban J connectivity index is 1.30. The van der Waals surface area contributed by atoms with Crippen LogP contribution in [0.25, 0.3) is 0 Å². The second-order valence-electron chi connectivity index (χ2n) is 14.2. The fraction of sp³-hybridized carbons (Fsp3) is 0.375. The summed E-state index contributed by atoms with van der Waals surface area (Å²) in [7, 11) is 0. The van der Waals surface area contributed by atoms with Crippen LogP contribution in [0.2, 0.25) is 10.0 Å². The summed E-state index contributed by atoms with van der Waals surface area (Å²) in [6.45, 7) is -0.601. The number of carbonyl (C=O) groups excluding carboxylic acids is 1. The van der Waals surface area contributed by atoms with Crippen molar-refractivity contribution in [3.05, 3.63) is 122 Å². The minimum atomic E-state index is -3.13. The average molecular weight is 801 g/mol. The van der Waals surface area contributed by atoms with Crippen molar-refractivity contribution in [3.8, 4) is 11.5 Å². The van der Waals surface area contributed by atoms with Crippen molar-refractivity contribution < 1.29 is 46.8 Å². The molecule has 2 atom stereocenters. The molecule has 0 spiro atoms. The van der Waals surface area contributed by atoms with Gasteiger partial charge in [0.15, 0.2) is 23.9 Å². The summed E-state index contributed by atoms with van der Waals surface area (Å²) in [6.07, 6.45) is 4.74. The van der Waals surface area contributed by atoms with Crippen LogP contribution >= 0.6 is 23.2 Å². The SMILES string of the molecule is O=C(O)c1ccc(CN(C(=O)O[C@H]2CN3CCC2CC3)c2ccccc2F)cc1[C@@H](Cc1c(Cl)c[n+]([O-])cc1Cl)c1ccc(OC(F)F)c(OCC2CC2)c1. The predicted octanol–water partition coefficient (Wildman–Crippen LogP) is 8.47. The highest BCUT2D eigenvalue weighted by molar-refractivity contribution is 6.35. The molecule has 4 heterocycles. The Morgan fingerprint density at radius 3 is 2.35 bits per heavy atom. The molecule has 1 N–H and O–H groups in total. The van der Waals surface area contributed by atoms with Gasteiger partial charge in [-0.25, -0.2) is 14.0 Å². The number of pyridine rings is 1. The summed E-state index contributed by atoms with van der Waals surface area (Å²) >= 11 is 13.1. The third-order valence-corrected chi connectivity index (χ3v) is 11.1. The molecule has 3 aliphatic heterocycles. The lowest BCUT2D eigenvalue weighted by molar-refractivity contribution is -0.605. The summed E-state index contributed by atoms with van der Waals surface area (Å²) in [5.74, 6) is -2.51. The number of para-hydroxylation sites is 1. The molecule has 4 fully saturated rings. The molecule has 1 aliphatic carbocycles. The molecule has 3 aromatic carbocycles. The van der Waals surface area contributed by atoms with Gasteiger partial charge < -0.3 is 24.5 Å². The number of benzene rings is 3. The average Bonchev–Trinajstić information content (AvgIpc) is 3.98. The van der Waals surface area contributed by atoms with Gasteiger partial charge in [-0.05, 0) is 104 Å². The normalized spacial score (nSPS) is 19.6. The summed E-state index contributed by atoms with van der Waals surface area (Å²) in [5, 5.41) is 22.7. The number of aromatic carboxylic acids is 1. The van der Waals surface area contributed by atoms with Gasteiger partial charge in [0.25, 0.3) is 0 Å². The van der Waals surface area contributed by atoms with Crippen LogP contribution < -0.4 is 19.1 Å². The number of carbonyl (C=O) groups is 2. The Labute approximate surface area is 325 Å². The van der Waals surface area contributed by atoms with E-state index in [1.807, 2.05) is 0 Å². The number of hydrogen-bond acceptors (Lipinski definition) is 7. The first kappa shape index (κ1) is 38.6. The van der Waals surface area contributed by atoms with E-state index in [4.69, 9.17) is 37.4 Å². The minimum Gasteiger partial charge on any atom is -0.619 e. The number of amides is 1. The van der Waals surface area contributed by atoms with Gasteiger partial charge in [0.1, 0.15) is 22.0 Å². The summed E-state index contributed by atoms with van der Waals surface area (Å²) in [4.78, 5) is 30.2. The fourth-order valence-corrected chi connectivity index (χ4v) is 8.01. The molecule has 10 nitrogen and oxygen atoms in total. The lowest BCUT2D eigenvalue weighted by Crippen LogP contribution is -2.53. The van der Waals surface area contributed by atoms with E-state index in [0.717, 1.165) is 51.2 Å². The lowest BCUT2D eigenvalue weighted by Gasteiger charge is -2.44. The second kappa shape index (κ2) is 16.6. The number of alkyl halides is 2. The highest BCUT2D eigenvalue weighted by atomic mass is 35.5. The van der Waals surface area contributed by atoms with E-state index in [2.05, 4.69) is 4.90 Å². The van der Waals surface area contributed by atoms with Gasteiger partial charge in [-0.1, -0.05) is 53.5 Å². The van der Waals surface area contributed by atoms with Crippen LogP contribution in [-0.2, 0) is 17.7 Å². The molecular weight excluding hydrogens is 762 g/mol. The Kier molecular flexibility index (Phi) is 11.6. The van der Waals surface area contributed by atoms with E-state index in [1.165, 1.54) is 53.4 Å². The number of fused-ring (bicyclic) bond motifs is 3. The van der Waals surface area contributed by atoms with Crippen molar-refractivity contribution in [3.63, 3.8) is 0 Å². The summed E-state index contributed by atoms with van der Waals surface area (Å²) in [5.41, 5.74) is 1.30. The number of piperidine rings is 3. The molecule has 3 saturated heterocycles. The van der Waals surface area contributed by atoms with Crippen molar-refractivity contribution >= 4 is 41.0 Å². The molecule has 290 valence electrons. The van der Waals surface area contributed by atoms with Crippen molar-refractivity contribution in [2.45, 2.75) is 57.3 Å². The number of aromatic nitrogens is 1. The maximum atomic E-state index is 15.4. The van der Waals surface area contributed by atoms with Gasteiger partial charge >= 0.3 is 18.7 Å². The zero-order chi connectivity index (χ0) is 38.8. The molecule has 2 bridgehead atoms. The first-order chi connectivity index (χ1) is 26.4. The van der Waals surface area contributed by atoms with Crippen LogP contribution in [0.5, 0.6) is 11.5 Å². The smallest absolute Gasteiger partial charge is 0.415 e. The minimum absolute atomic E-state index is 0.0182. The largest absolute Gasteiger partial charge is 0.619 e. The number of carboxylic acid groups (broad SMARTS) is 1. The topological polar surface area (TPSA) is 115 Å². The van der Waals surface area contributed by atoms with Gasteiger partial charge in [-0.2, -0.15) is 13.5 Å². The highest BCUT2D eigenvalue weighted by Crippen LogP contribution is 2.41. The standard InChI is InChI=1S/C40H38Cl2F3N3O7/c41-31-19-47(52)20-32(42)30(31)17-28(26-8-10-35(54-39(44)45)36(16-26)53-22-23-5-6-23)29-15-24(7-9-27(29)38(49)50)18-48(34-4-2-1-3-33(34)43)40(51)55-37-21-46-13-11-25(37)12-14-46/h1-4,7-10,15-16,19-20,23,25,28,37,39H,5-6,11-14,17-18,21-22H2,(H,49,50)/t28-,37-/m0/s1. The first-order valence-corrected chi connectivity index (χ1v) is 18.8. The van der Waals surface area contributed by atoms with Crippen LogP contribution in [0.15, 0.2) is 73.1 Å². The molecule has 1 saturated carbocycles. The highest BCUT2D eigenvalue weighted by Gasteiger charge is 2.38. The van der Waals surface area contributed by atoms with Crippen molar-refractivity contribution in [2.24, 2.45) is 11.8 Å². The fourth-order valence-electron chi connectivity index (χ4n) is 7.41. The van der Waals surface area contributed by atoms with E-state index in [0.29, 0.717) is 28.0 Å². The number of ether oxygens (including phenoxy) is 3. The van der Waals surface area contributed by atoms with Gasteiger partial charge in [0, 0.05) is 18.0 Å². The van der Waals surface area contributed by atoms with Crippen LogP contribution in [0.3, 0.4) is 0 Å². The third kappa shape index (κ3) is 9.06. The molecule has 4 aromatic rings. The monoisotopic (exact) mass is 799 g/mol. The maximum absolute atomic E-state index is 15.4. The number of rotatable bonds is 14. The molecule has 4 aliphatic rings. The zero-order valence-electron chi connectivity index (χ0n) is 29.5. The van der Waals surface area contributed by atoms with Gasteiger partial charge in [0.05, 0.1) is 24.4 Å². The second-order valence-corrected chi connectivity index (χ2v) is 15.0. The molecule has 1 amide bonds. The number of anilines is 1. The number of hydrogen-bond donors (Lipinski definition) is 1. The Morgan fingerprint density at radius 1 is 0.982 bits per heavy atom. The summed E-state index contributed by atoms with van der Waals surface area (Å²) in [6, 6.07) is 14.7. The van der Waals surface area contributed by atoms with Gasteiger partial charge in [-0.15, -0.1) is 0 Å². The molecule has 0 radical (unpaired) electrons. The molecule has 1 aromatic heterocycles. The van der Waals surface area contributed by atoms with Crippen LogP contribution in [-0.4, -0.2) is 61.0 Å². The number of nitrogens with zero attached hydrogens (tertiary/aromatic N) is 3. The Morgan fingerprint density at radius 2 is 1.71 bits per heavy atom. The van der Waals surface area contributed by atoms with E-state index < -0.39 is 30.4 Å². The van der Waals surface area contributed by atoms with Crippen molar-refractivity contribution in [2.75, 3.05) is 31.1 Å². The van der Waals surface area contributed by atoms with Crippen LogP contribution in [0, 0.1) is 22.9 Å². The van der Waals surface area contributed by atoms with E-state index >= 15 is 4.39 Å². The zero-order valence-corrected chi connectivity index (χ0v) is 31.0. The molecule has 15 heteroatoms. The number of carboxylic acids is 1. The van der Waals surface area contributed by atoms with Gasteiger partial charge in [-0.3, -0.25) is 9.80 Å². The van der Waals surface area contributed by atoms with Gasteiger partial charge in [0.2, 0.25) is 0 Å². The van der Waals surface area contributed by atoms with E-state index in [1.54, 1.807) is 12.1 Å². The van der Waals surface area contributed by atoms with Crippen LogP contribution in [0.4, 0.5) is 23.7 Å². The van der Waals surface area contributed by atoms with E-state index in [9.17, 15) is 28.7 Å². The quantitative estimate of drug-likeness (QED) is 0.0999. The Bertz CT molecular complexity index is 2040. The predicted molar refractivity (Wildman–Crippen MR) is 198 cm³/mol. The summed E-state index contributed by atoms with van der Waals surface area (Å²) < 4.78 is 59.5. The Hall–Kier alpha value is -4.72. The molecular formula is C40H38Cl2F3N3O7. The third-order valence-electron chi connectivity index (χ3n) is 10.5. The lowest BCUT2D eigenvalue weighted by atomic mass is 9.82.